The highest BCUT2D eigenvalue weighted by Crippen LogP contribution is 2.27. The van der Waals surface area contributed by atoms with Gasteiger partial charge in [-0.05, 0) is 50.4 Å². The first kappa shape index (κ1) is 21.3. The summed E-state index contributed by atoms with van der Waals surface area (Å²) in [5, 5.41) is 0. The first-order valence-electron chi connectivity index (χ1n) is 8.38. The van der Waals surface area contributed by atoms with Crippen LogP contribution in [0.4, 0.5) is 8.78 Å². The number of imidazole rings is 1. The zero-order chi connectivity index (χ0) is 21.4. The van der Waals surface area contributed by atoms with Gasteiger partial charge in [-0.1, -0.05) is 12.1 Å². The lowest BCUT2D eigenvalue weighted by Gasteiger charge is -2.16. The predicted octanol–water partition coefficient (Wildman–Crippen LogP) is 2.38. The lowest BCUT2D eigenvalue weighted by molar-refractivity contribution is 0.0702. The maximum absolute atomic E-state index is 13.6. The Kier molecular flexibility index (Phi) is 5.72. The summed E-state index contributed by atoms with van der Waals surface area (Å²) >= 11 is 0. The second kappa shape index (κ2) is 7.78. The molecule has 8 nitrogen and oxygen atoms in total. The summed E-state index contributed by atoms with van der Waals surface area (Å²) in [5.41, 5.74) is 0.501. The van der Waals surface area contributed by atoms with Crippen LogP contribution in [0.15, 0.2) is 58.3 Å². The fourth-order valence-corrected chi connectivity index (χ4v) is 4.77. The van der Waals surface area contributed by atoms with Crippen LogP contribution in [0.2, 0.25) is 0 Å². The van der Waals surface area contributed by atoms with Crippen LogP contribution in [0.25, 0.3) is 11.0 Å². The fourth-order valence-electron chi connectivity index (χ4n) is 2.84. The third-order valence-corrected chi connectivity index (χ3v) is 7.24. The molecule has 0 unspecified atom stereocenters. The third-order valence-electron chi connectivity index (χ3n) is 4.25. The Balaban J connectivity index is 1.93. The number of hydrogen-bond acceptors (Lipinski definition) is 5. The number of alkyl halides is 2. The van der Waals surface area contributed by atoms with E-state index in [0.29, 0.717) is 10.1 Å². The van der Waals surface area contributed by atoms with E-state index < -0.39 is 32.6 Å². The minimum Gasteiger partial charge on any atom is -0.269 e. The minimum absolute atomic E-state index is 0.105. The summed E-state index contributed by atoms with van der Waals surface area (Å²) in [5.74, 6) is -0.140. The van der Waals surface area contributed by atoms with Crippen molar-refractivity contribution >= 4 is 31.1 Å². The summed E-state index contributed by atoms with van der Waals surface area (Å²) in [7, 11) is -6.60. The summed E-state index contributed by atoms with van der Waals surface area (Å²) in [6, 6.07) is 9.71. The van der Waals surface area contributed by atoms with Gasteiger partial charge < -0.3 is 0 Å². The Hall–Kier alpha value is -2.41. The maximum atomic E-state index is 13.6. The van der Waals surface area contributed by atoms with Gasteiger partial charge in [-0.2, -0.15) is 8.78 Å². The Bertz CT molecular complexity index is 1240. The number of nitrogens with zero attached hydrogens (tertiary/aromatic N) is 2. The molecule has 0 spiro atoms. The van der Waals surface area contributed by atoms with E-state index in [2.05, 4.69) is 14.4 Å². The van der Waals surface area contributed by atoms with Crippen LogP contribution < -0.4 is 9.44 Å². The smallest absolute Gasteiger partial charge is 0.269 e. The van der Waals surface area contributed by atoms with E-state index in [0.717, 1.165) is 24.3 Å². The van der Waals surface area contributed by atoms with Crippen LogP contribution in [-0.4, -0.2) is 33.4 Å². The van der Waals surface area contributed by atoms with Crippen molar-refractivity contribution in [3.8, 4) is 0 Å². The molecule has 0 fully saturated rings. The second-order valence-electron chi connectivity index (χ2n) is 6.13. The summed E-state index contributed by atoms with van der Waals surface area (Å²) in [6.45, 7) is -1.51. The van der Waals surface area contributed by atoms with Crippen molar-refractivity contribution in [3.05, 3.63) is 54.4 Å². The molecule has 2 aromatic carbocycles. The Morgan fingerprint density at radius 1 is 0.931 bits per heavy atom. The summed E-state index contributed by atoms with van der Waals surface area (Å²) < 4.78 is 81.1. The standard InChI is InChI=1S/C17H18F2N4O4S2/c1-11(16-21-14-5-3-4-6-15(14)23(16)17(18)19)22-29(26,27)13-9-7-12(8-10-13)28(24,25)20-2/h3-11,17,20,22H,1-2H3/t11-/m1/s1. The van der Waals surface area contributed by atoms with Crippen molar-refractivity contribution in [2.75, 3.05) is 7.05 Å². The maximum Gasteiger partial charge on any atom is 0.320 e. The average Bonchev–Trinajstić information content (AvgIpc) is 3.08. The lowest BCUT2D eigenvalue weighted by atomic mass is 10.3. The highest BCUT2D eigenvalue weighted by molar-refractivity contribution is 7.90. The molecule has 2 N–H and O–H groups in total. The SMILES string of the molecule is CNS(=O)(=O)c1ccc(S(=O)(=O)N[C@H](C)c2nc3ccccc3n2C(F)F)cc1. The van der Waals surface area contributed by atoms with E-state index in [1.54, 1.807) is 18.2 Å². The Labute approximate surface area is 166 Å². The van der Waals surface area contributed by atoms with Crippen molar-refractivity contribution in [1.82, 2.24) is 19.0 Å². The lowest BCUT2D eigenvalue weighted by Crippen LogP contribution is -2.29. The minimum atomic E-state index is -4.12. The number of rotatable bonds is 7. The zero-order valence-corrected chi connectivity index (χ0v) is 17.0. The first-order chi connectivity index (χ1) is 13.6. The fraction of sp³-hybridized carbons (Fsp3) is 0.235. The number of para-hydroxylation sites is 2. The monoisotopic (exact) mass is 444 g/mol. The molecule has 29 heavy (non-hydrogen) atoms. The first-order valence-corrected chi connectivity index (χ1v) is 11.3. The molecule has 12 heteroatoms. The number of fused-ring (bicyclic) bond motifs is 1. The Morgan fingerprint density at radius 3 is 2.03 bits per heavy atom. The van der Waals surface area contributed by atoms with E-state index in [1.807, 2.05) is 0 Å². The number of sulfonamides is 2. The highest BCUT2D eigenvalue weighted by atomic mass is 32.2. The van der Waals surface area contributed by atoms with Gasteiger partial charge in [0.05, 0.1) is 26.9 Å². The van der Waals surface area contributed by atoms with E-state index in [9.17, 15) is 25.6 Å². The van der Waals surface area contributed by atoms with Crippen molar-refractivity contribution < 1.29 is 25.6 Å². The van der Waals surface area contributed by atoms with Gasteiger partial charge in [0.25, 0.3) is 0 Å². The zero-order valence-electron chi connectivity index (χ0n) is 15.4. The van der Waals surface area contributed by atoms with Gasteiger partial charge in [-0.25, -0.2) is 31.3 Å². The number of hydrogen-bond donors (Lipinski definition) is 2. The van der Waals surface area contributed by atoms with Gasteiger partial charge in [0.1, 0.15) is 5.82 Å². The molecule has 3 aromatic rings. The van der Waals surface area contributed by atoms with E-state index in [4.69, 9.17) is 0 Å². The molecule has 0 saturated heterocycles. The van der Waals surface area contributed by atoms with Crippen LogP contribution in [-0.2, 0) is 20.0 Å². The highest BCUT2D eigenvalue weighted by Gasteiger charge is 2.26. The average molecular weight is 444 g/mol. The van der Waals surface area contributed by atoms with Crippen LogP contribution in [0.3, 0.4) is 0 Å². The molecule has 0 aliphatic rings. The van der Waals surface area contributed by atoms with Crippen molar-refractivity contribution in [1.29, 1.82) is 0 Å². The van der Waals surface area contributed by atoms with Gasteiger partial charge in [-0.3, -0.25) is 4.57 Å². The molecule has 0 bridgehead atoms. The van der Waals surface area contributed by atoms with Crippen molar-refractivity contribution in [2.24, 2.45) is 0 Å². The van der Waals surface area contributed by atoms with Gasteiger partial charge in [0.15, 0.2) is 0 Å². The van der Waals surface area contributed by atoms with E-state index in [1.165, 1.54) is 20.0 Å². The molecular formula is C17H18F2N4O4S2. The van der Waals surface area contributed by atoms with Crippen molar-refractivity contribution in [3.63, 3.8) is 0 Å². The molecular weight excluding hydrogens is 426 g/mol. The van der Waals surface area contributed by atoms with Gasteiger partial charge in [0, 0.05) is 0 Å². The van der Waals surface area contributed by atoms with Crippen LogP contribution >= 0.6 is 0 Å². The molecule has 0 amide bonds. The third kappa shape index (κ3) is 4.15. The Morgan fingerprint density at radius 2 is 1.48 bits per heavy atom. The molecule has 0 radical (unpaired) electrons. The quantitative estimate of drug-likeness (QED) is 0.581. The topological polar surface area (TPSA) is 110 Å². The normalized spacial score (nSPS) is 13.8. The van der Waals surface area contributed by atoms with Gasteiger partial charge in [-0.15, -0.1) is 0 Å². The van der Waals surface area contributed by atoms with Gasteiger partial charge in [0.2, 0.25) is 20.0 Å². The number of benzene rings is 2. The molecule has 1 heterocycles. The second-order valence-corrected chi connectivity index (χ2v) is 9.73. The molecule has 3 rings (SSSR count). The summed E-state index contributed by atoms with van der Waals surface area (Å²) in [4.78, 5) is 3.82. The van der Waals surface area contributed by atoms with E-state index >= 15 is 0 Å². The molecule has 0 aliphatic heterocycles. The number of nitrogens with one attached hydrogen (secondary N) is 2. The van der Waals surface area contributed by atoms with Crippen LogP contribution in [0.5, 0.6) is 0 Å². The number of halogens is 2. The predicted molar refractivity (Wildman–Crippen MR) is 102 cm³/mol. The van der Waals surface area contributed by atoms with Crippen molar-refractivity contribution in [2.45, 2.75) is 29.3 Å². The largest absolute Gasteiger partial charge is 0.320 e. The van der Waals surface area contributed by atoms with E-state index in [-0.39, 0.29) is 21.1 Å². The molecule has 1 aromatic heterocycles. The number of aromatic nitrogens is 2. The molecule has 1 atom stereocenters. The molecule has 0 aliphatic carbocycles. The van der Waals surface area contributed by atoms with Crippen LogP contribution in [0, 0.1) is 0 Å². The molecule has 0 saturated carbocycles. The molecule has 156 valence electrons. The summed E-state index contributed by atoms with van der Waals surface area (Å²) in [6.07, 6.45) is 0. The van der Waals surface area contributed by atoms with Crippen LogP contribution in [0.1, 0.15) is 25.3 Å². The van der Waals surface area contributed by atoms with Gasteiger partial charge >= 0.3 is 6.55 Å².